The Labute approximate surface area is 74.7 Å². The van der Waals surface area contributed by atoms with Gasteiger partial charge in [0.05, 0.1) is 0 Å². The van der Waals surface area contributed by atoms with Gasteiger partial charge in [0, 0.05) is 0 Å². The van der Waals surface area contributed by atoms with Crippen molar-refractivity contribution in [3.8, 4) is 5.40 Å². The Morgan fingerprint density at radius 3 is 2.00 bits per heavy atom. The van der Waals surface area contributed by atoms with E-state index in [0.717, 1.165) is 0 Å². The second-order valence-electron chi connectivity index (χ2n) is 0.100. The van der Waals surface area contributed by atoms with Crippen LogP contribution in [0.1, 0.15) is 1.43 Å². The molecule has 4 heavy (non-hydrogen) atoms. The summed E-state index contributed by atoms with van der Waals surface area (Å²) in [5.74, 6) is 0. The Morgan fingerprint density at radius 2 is 2.00 bits per heavy atom. The Bertz CT molecular complexity index is 33.1. The summed E-state index contributed by atoms with van der Waals surface area (Å²) < 4.78 is 0. The summed E-state index contributed by atoms with van der Waals surface area (Å²) >= 11 is 3.09. The second kappa shape index (κ2) is 8.82. The number of thiocyanates is 1. The summed E-state index contributed by atoms with van der Waals surface area (Å²) in [6.45, 7) is 0. The molecule has 0 saturated carbocycles. The van der Waals surface area contributed by atoms with Crippen molar-refractivity contribution >= 4 is 12.6 Å². The molecule has 0 atom stereocenters. The van der Waals surface area contributed by atoms with E-state index in [4.69, 9.17) is 5.26 Å². The maximum absolute atomic E-state index is 7.18. The molecule has 0 aliphatic heterocycles. The summed E-state index contributed by atoms with van der Waals surface area (Å²) in [5, 5.41) is 8.63. The van der Waals surface area contributed by atoms with Gasteiger partial charge in [-0.05, 0) is 0 Å². The van der Waals surface area contributed by atoms with Gasteiger partial charge in [-0.3, -0.25) is 0 Å². The zero-order valence-corrected chi connectivity index (χ0v) is 6.41. The van der Waals surface area contributed by atoms with E-state index in [2.05, 4.69) is 12.6 Å². The maximum Gasteiger partial charge on any atom is 1.00 e. The van der Waals surface area contributed by atoms with Gasteiger partial charge >= 0.3 is 51.4 Å². The van der Waals surface area contributed by atoms with Crippen LogP contribution in [0.15, 0.2) is 0 Å². The molecule has 0 amide bonds. The smallest absolute Gasteiger partial charge is 1.00 e. The van der Waals surface area contributed by atoms with Crippen LogP contribution in [0, 0.1) is 10.7 Å². The van der Waals surface area contributed by atoms with Crippen molar-refractivity contribution in [1.29, 1.82) is 5.26 Å². The third-order valence-electron chi connectivity index (χ3n) is 0. The van der Waals surface area contributed by atoms with Gasteiger partial charge in [0.15, 0.2) is 0 Å². The predicted octanol–water partition coefficient (Wildman–Crippen LogP) is -2.49. The number of nitriles is 1. The number of rotatable bonds is 0. The molecule has 3 heteroatoms. The number of nitrogens with zero attached hydrogens (tertiary/aromatic N) is 1. The van der Waals surface area contributed by atoms with Crippen molar-refractivity contribution in [3.63, 3.8) is 0 Å². The summed E-state index contributed by atoms with van der Waals surface area (Å²) in [7, 11) is 0. The molecule has 0 saturated heterocycles. The molecule has 0 N–H and O–H groups in total. The minimum atomic E-state index is 0. The first-order chi connectivity index (χ1) is 1.41. The second-order valence-corrected chi connectivity index (χ2v) is 0.300. The van der Waals surface area contributed by atoms with Gasteiger partial charge in [0.1, 0.15) is 5.40 Å². The van der Waals surface area contributed by atoms with Crippen LogP contribution in [0.25, 0.3) is 0 Å². The molecule has 0 aromatic rings. The van der Waals surface area contributed by atoms with Gasteiger partial charge in [-0.1, -0.05) is 12.6 Å². The summed E-state index contributed by atoms with van der Waals surface area (Å²) in [4.78, 5) is 0. The Hall–Kier alpha value is 1.48. The molecule has 0 spiro atoms. The van der Waals surface area contributed by atoms with Crippen molar-refractivity contribution in [3.05, 3.63) is 0 Å². The van der Waals surface area contributed by atoms with Gasteiger partial charge in [0.2, 0.25) is 0 Å². The molecule has 0 aliphatic rings. The Morgan fingerprint density at radius 1 is 2.00 bits per heavy atom. The standard InChI is InChI=1S/CHNS.K.H/c2-1-3;;/h3H;;/q;+1;-1. The van der Waals surface area contributed by atoms with E-state index in [0.29, 0.717) is 0 Å². The fourth-order valence-corrected chi connectivity index (χ4v) is 0. The third-order valence-corrected chi connectivity index (χ3v) is 0. The monoisotopic (exact) mass is 99.0 g/mol. The normalized spacial score (nSPS) is 2.00. The molecule has 0 heterocycles. The van der Waals surface area contributed by atoms with Crippen LogP contribution in [0.2, 0.25) is 0 Å². The Balaban J connectivity index is -0.0000000200. The van der Waals surface area contributed by atoms with E-state index >= 15 is 0 Å². The van der Waals surface area contributed by atoms with Crippen LogP contribution in [0.5, 0.6) is 0 Å². The van der Waals surface area contributed by atoms with Gasteiger partial charge in [-0.15, -0.1) is 0 Å². The summed E-state index contributed by atoms with van der Waals surface area (Å²) in [5.41, 5.74) is 0. The molecule has 0 bridgehead atoms. The number of thiol groups is 1. The number of hydrogen-bond acceptors (Lipinski definition) is 2. The van der Waals surface area contributed by atoms with Gasteiger partial charge < -0.3 is 1.43 Å². The molecule has 0 unspecified atom stereocenters. The van der Waals surface area contributed by atoms with Crippen LogP contribution < -0.4 is 51.4 Å². The molecule has 1 nitrogen and oxygen atoms in total. The van der Waals surface area contributed by atoms with Crippen molar-refractivity contribution < 1.29 is 52.8 Å². The van der Waals surface area contributed by atoms with Gasteiger partial charge in [-0.25, -0.2) is 0 Å². The molecule has 18 valence electrons. The Kier molecular flexibility index (Phi) is 20.0. The van der Waals surface area contributed by atoms with Crippen LogP contribution >= 0.6 is 12.6 Å². The van der Waals surface area contributed by atoms with E-state index < -0.39 is 0 Å². The average Bonchev–Trinajstić information content (AvgIpc) is 0.918. The average molecular weight is 99.2 g/mol. The van der Waals surface area contributed by atoms with Crippen molar-refractivity contribution in [2.75, 3.05) is 0 Å². The van der Waals surface area contributed by atoms with Crippen LogP contribution in [-0.4, -0.2) is 0 Å². The van der Waals surface area contributed by atoms with Crippen LogP contribution in [0.4, 0.5) is 0 Å². The predicted molar refractivity (Wildman–Crippen MR) is 15.7 cm³/mol. The van der Waals surface area contributed by atoms with Gasteiger partial charge in [0.25, 0.3) is 0 Å². The first-order valence-corrected chi connectivity index (χ1v) is 0.894. The molecule has 0 fully saturated rings. The van der Waals surface area contributed by atoms with E-state index in [-0.39, 0.29) is 52.8 Å². The van der Waals surface area contributed by atoms with E-state index in [9.17, 15) is 0 Å². The maximum atomic E-state index is 7.18. The topological polar surface area (TPSA) is 23.8 Å². The zero-order valence-electron chi connectivity index (χ0n) is 3.39. The largest absolute Gasteiger partial charge is 1.00 e. The van der Waals surface area contributed by atoms with E-state index in [1.807, 2.05) is 0 Å². The summed E-state index contributed by atoms with van der Waals surface area (Å²) in [6.07, 6.45) is 0. The molecule has 0 rings (SSSR count). The fraction of sp³-hybridized carbons (Fsp3) is 0. The van der Waals surface area contributed by atoms with Crippen molar-refractivity contribution in [1.82, 2.24) is 0 Å². The third kappa shape index (κ3) is 9.78. The number of hydrogen-bond donors (Lipinski definition) is 1. The van der Waals surface area contributed by atoms with Gasteiger partial charge in [-0.2, -0.15) is 5.26 Å². The van der Waals surface area contributed by atoms with Crippen LogP contribution in [-0.2, 0) is 0 Å². The molecular formula is CH2KNS. The minimum absolute atomic E-state index is 0. The van der Waals surface area contributed by atoms with E-state index in [1.54, 1.807) is 0 Å². The first-order valence-electron chi connectivity index (χ1n) is 0.447. The molecule has 0 radical (unpaired) electrons. The quantitative estimate of drug-likeness (QED) is 0.203. The first kappa shape index (κ1) is 9.08. The summed E-state index contributed by atoms with van der Waals surface area (Å²) in [6, 6.07) is 0. The van der Waals surface area contributed by atoms with E-state index in [1.165, 1.54) is 5.40 Å². The van der Waals surface area contributed by atoms with Crippen molar-refractivity contribution in [2.45, 2.75) is 0 Å². The molecule has 0 aromatic carbocycles. The van der Waals surface area contributed by atoms with Crippen LogP contribution in [0.3, 0.4) is 0 Å². The zero-order chi connectivity index (χ0) is 2.71. The minimum Gasteiger partial charge on any atom is -1.00 e. The fourth-order valence-electron chi connectivity index (χ4n) is 0. The molecule has 0 aromatic heterocycles. The SMILES string of the molecule is N#CS.[H-].[K+]. The van der Waals surface area contributed by atoms with Crippen molar-refractivity contribution in [2.24, 2.45) is 0 Å². The molecular weight excluding hydrogens is 97.2 g/mol. The molecule has 0 aliphatic carbocycles.